The van der Waals surface area contributed by atoms with Crippen LogP contribution in [-0.2, 0) is 17.9 Å². The molecule has 0 saturated heterocycles. The minimum Gasteiger partial charge on any atom is -0.495 e. The molecule has 10 nitrogen and oxygen atoms in total. The maximum atomic E-state index is 14.4. The standard InChI is InChI=1S/C34H38Cl2N6O4/c1-4-28(43)38-24-14-13-22(21-11-8-12-21)15-25(24)39-33-37-17-23-19-41(31-29(35)26(45-2)16-27(46-3)30(31)36)34(44)42(32(23)40-33)18-20-9-6-5-7-10-20/h4-7,9-10,16-17,21-22,24-25H,1,8,11-15,18-19H2,2-3H3,(H,38,43)(H,37,39,40)/t22?,24-,25+/m0/s1. The van der Waals surface area contributed by atoms with Crippen molar-refractivity contribution in [2.75, 3.05) is 29.3 Å². The lowest BCUT2D eigenvalue weighted by Gasteiger charge is -2.43. The third-order valence-corrected chi connectivity index (χ3v) is 10.2. The van der Waals surface area contributed by atoms with Crippen molar-refractivity contribution in [1.29, 1.82) is 0 Å². The molecule has 3 atom stereocenters. The van der Waals surface area contributed by atoms with E-state index in [-0.39, 0.29) is 52.8 Å². The zero-order chi connectivity index (χ0) is 32.4. The molecule has 2 aromatic carbocycles. The van der Waals surface area contributed by atoms with Gasteiger partial charge in [0.15, 0.2) is 0 Å². The number of ether oxygens (including phenoxy) is 2. The van der Waals surface area contributed by atoms with Crippen molar-refractivity contribution in [1.82, 2.24) is 15.3 Å². The van der Waals surface area contributed by atoms with Gasteiger partial charge in [-0.1, -0.05) is 79.4 Å². The third kappa shape index (κ3) is 6.33. The third-order valence-electron chi connectivity index (χ3n) is 9.43. The van der Waals surface area contributed by atoms with Gasteiger partial charge in [-0.3, -0.25) is 14.6 Å². The molecule has 1 aromatic heterocycles. The molecule has 2 saturated carbocycles. The second kappa shape index (κ2) is 13.8. The van der Waals surface area contributed by atoms with E-state index in [1.165, 1.54) is 44.5 Å². The first-order valence-corrected chi connectivity index (χ1v) is 16.3. The van der Waals surface area contributed by atoms with Crippen molar-refractivity contribution in [3.05, 3.63) is 76.4 Å². The van der Waals surface area contributed by atoms with Gasteiger partial charge in [-0.2, -0.15) is 4.98 Å². The maximum absolute atomic E-state index is 14.4. The number of nitrogens with one attached hydrogen (secondary N) is 2. The number of amides is 3. The molecule has 0 radical (unpaired) electrons. The van der Waals surface area contributed by atoms with Crippen molar-refractivity contribution in [3.63, 3.8) is 0 Å². The highest BCUT2D eigenvalue weighted by atomic mass is 35.5. The van der Waals surface area contributed by atoms with Gasteiger partial charge < -0.3 is 20.1 Å². The smallest absolute Gasteiger partial charge is 0.330 e. The Morgan fingerprint density at radius 2 is 1.76 bits per heavy atom. The molecule has 3 amide bonds. The summed E-state index contributed by atoms with van der Waals surface area (Å²) in [5.74, 6) is 2.65. The Morgan fingerprint density at radius 1 is 1.04 bits per heavy atom. The van der Waals surface area contributed by atoms with Crippen LogP contribution in [0.3, 0.4) is 0 Å². The average Bonchev–Trinajstić information content (AvgIpc) is 3.04. The molecule has 6 rings (SSSR count). The van der Waals surface area contributed by atoms with E-state index < -0.39 is 0 Å². The number of hydrogen-bond acceptors (Lipinski definition) is 7. The molecule has 2 aliphatic carbocycles. The lowest BCUT2D eigenvalue weighted by molar-refractivity contribution is -0.117. The number of carbonyl (C=O) groups is 2. The van der Waals surface area contributed by atoms with Crippen LogP contribution in [0, 0.1) is 11.8 Å². The molecule has 12 heteroatoms. The number of methoxy groups -OCH3 is 2. The largest absolute Gasteiger partial charge is 0.495 e. The average molecular weight is 666 g/mol. The fraction of sp³-hybridized carbons (Fsp3) is 0.412. The summed E-state index contributed by atoms with van der Waals surface area (Å²) in [5, 5.41) is 7.02. The summed E-state index contributed by atoms with van der Waals surface area (Å²) >= 11 is 13.5. The van der Waals surface area contributed by atoms with Gasteiger partial charge in [0.1, 0.15) is 27.4 Å². The Labute approximate surface area is 279 Å². The molecular formula is C34H38Cl2N6O4. The van der Waals surface area contributed by atoms with Gasteiger partial charge in [-0.05, 0) is 42.7 Å². The SMILES string of the molecule is C=CC(=O)N[C@H]1CCC(C2CCC2)C[C@H]1Nc1ncc2c(n1)N(Cc1ccccc1)C(=O)N(c1c(Cl)c(OC)cc(OC)c1Cl)C2. The zero-order valence-corrected chi connectivity index (χ0v) is 27.5. The summed E-state index contributed by atoms with van der Waals surface area (Å²) in [4.78, 5) is 39.4. The lowest BCUT2D eigenvalue weighted by Crippen LogP contribution is -2.51. The predicted octanol–water partition coefficient (Wildman–Crippen LogP) is 7.00. The van der Waals surface area contributed by atoms with Crippen LogP contribution in [0.4, 0.5) is 22.2 Å². The topological polar surface area (TPSA) is 109 Å². The molecule has 2 fully saturated rings. The minimum atomic E-state index is -0.362. The highest BCUT2D eigenvalue weighted by Gasteiger charge is 2.39. The number of urea groups is 1. The van der Waals surface area contributed by atoms with E-state index in [2.05, 4.69) is 17.2 Å². The molecule has 242 valence electrons. The van der Waals surface area contributed by atoms with Gasteiger partial charge in [0.25, 0.3) is 0 Å². The molecular weight excluding hydrogens is 627 g/mol. The van der Waals surface area contributed by atoms with E-state index in [0.717, 1.165) is 30.7 Å². The highest BCUT2D eigenvalue weighted by Crippen LogP contribution is 2.48. The molecule has 46 heavy (non-hydrogen) atoms. The number of fused-ring (bicyclic) bond motifs is 1. The van der Waals surface area contributed by atoms with Crippen LogP contribution in [0.15, 0.2) is 55.3 Å². The second-order valence-electron chi connectivity index (χ2n) is 12.1. The monoisotopic (exact) mass is 664 g/mol. The Bertz CT molecular complexity index is 1590. The zero-order valence-electron chi connectivity index (χ0n) is 26.0. The molecule has 3 aliphatic rings. The van der Waals surface area contributed by atoms with Gasteiger partial charge >= 0.3 is 6.03 Å². The molecule has 0 bridgehead atoms. The van der Waals surface area contributed by atoms with Crippen molar-refractivity contribution in [3.8, 4) is 11.5 Å². The van der Waals surface area contributed by atoms with Crippen molar-refractivity contribution in [2.24, 2.45) is 11.8 Å². The van der Waals surface area contributed by atoms with Crippen LogP contribution in [0.25, 0.3) is 0 Å². The summed E-state index contributed by atoms with van der Waals surface area (Å²) < 4.78 is 11.0. The minimum absolute atomic E-state index is 0.0680. The van der Waals surface area contributed by atoms with Crippen LogP contribution in [0.2, 0.25) is 10.0 Å². The van der Waals surface area contributed by atoms with Crippen LogP contribution in [0.1, 0.15) is 49.7 Å². The maximum Gasteiger partial charge on any atom is 0.330 e. The molecule has 2 N–H and O–H groups in total. The van der Waals surface area contributed by atoms with Crippen LogP contribution in [0.5, 0.6) is 11.5 Å². The van der Waals surface area contributed by atoms with Gasteiger partial charge in [0.05, 0.1) is 33.0 Å². The van der Waals surface area contributed by atoms with Gasteiger partial charge in [0.2, 0.25) is 11.9 Å². The second-order valence-corrected chi connectivity index (χ2v) is 12.8. The molecule has 1 aliphatic heterocycles. The van der Waals surface area contributed by atoms with E-state index in [0.29, 0.717) is 34.7 Å². The van der Waals surface area contributed by atoms with E-state index >= 15 is 0 Å². The first kappa shape index (κ1) is 31.9. The Morgan fingerprint density at radius 3 is 2.39 bits per heavy atom. The number of benzene rings is 2. The van der Waals surface area contributed by atoms with Crippen molar-refractivity contribution >= 4 is 52.6 Å². The Hall–Kier alpha value is -4.02. The first-order valence-electron chi connectivity index (χ1n) is 15.6. The van der Waals surface area contributed by atoms with Crippen molar-refractivity contribution in [2.45, 2.75) is 63.7 Å². The van der Waals surface area contributed by atoms with Crippen molar-refractivity contribution < 1.29 is 19.1 Å². The number of rotatable bonds is 10. The summed E-state index contributed by atoms with van der Waals surface area (Å²) in [6.07, 6.45) is 9.68. The van der Waals surface area contributed by atoms with E-state index in [4.69, 9.17) is 42.6 Å². The van der Waals surface area contributed by atoms with E-state index in [1.807, 2.05) is 30.3 Å². The lowest BCUT2D eigenvalue weighted by atomic mass is 9.68. The predicted molar refractivity (Wildman–Crippen MR) is 180 cm³/mol. The highest BCUT2D eigenvalue weighted by molar-refractivity contribution is 6.42. The van der Waals surface area contributed by atoms with E-state index in [9.17, 15) is 9.59 Å². The summed E-state index contributed by atoms with van der Waals surface area (Å²) in [5.41, 5.74) is 1.91. The fourth-order valence-corrected chi connectivity index (χ4v) is 7.47. The number of anilines is 3. The van der Waals surface area contributed by atoms with Crippen LogP contribution in [-0.4, -0.2) is 48.2 Å². The summed E-state index contributed by atoms with van der Waals surface area (Å²) in [6, 6.07) is 10.8. The normalized spacial score (nSPS) is 21.2. The van der Waals surface area contributed by atoms with Crippen LogP contribution >= 0.6 is 23.2 Å². The van der Waals surface area contributed by atoms with Gasteiger partial charge in [-0.25, -0.2) is 9.78 Å². The number of carbonyl (C=O) groups excluding carboxylic acids is 2. The first-order chi connectivity index (χ1) is 22.3. The number of nitrogens with zero attached hydrogens (tertiary/aromatic N) is 4. The quantitative estimate of drug-likeness (QED) is 0.225. The number of aromatic nitrogens is 2. The summed E-state index contributed by atoms with van der Waals surface area (Å²) in [6.45, 7) is 4.00. The molecule has 1 unspecified atom stereocenters. The van der Waals surface area contributed by atoms with E-state index in [1.54, 1.807) is 17.2 Å². The fourth-order valence-electron chi connectivity index (χ4n) is 6.76. The number of hydrogen-bond donors (Lipinski definition) is 2. The summed E-state index contributed by atoms with van der Waals surface area (Å²) in [7, 11) is 2.98. The van der Waals surface area contributed by atoms with Gasteiger partial charge in [0, 0.05) is 29.9 Å². The molecule has 3 aromatic rings. The Balaban J connectivity index is 1.36. The van der Waals surface area contributed by atoms with Crippen LogP contribution < -0.4 is 29.9 Å². The van der Waals surface area contributed by atoms with Gasteiger partial charge in [-0.15, -0.1) is 0 Å². The number of halogens is 2. The molecule has 0 spiro atoms. The molecule has 2 heterocycles. The Kier molecular flexibility index (Phi) is 9.56.